The number of halogens is 5. The molecule has 0 aliphatic heterocycles. The Hall–Kier alpha value is -5.40. The van der Waals surface area contributed by atoms with Crippen molar-refractivity contribution < 1.29 is 26.7 Å². The molecule has 1 amide bonds. The Balaban J connectivity index is 1.59. The first-order valence-corrected chi connectivity index (χ1v) is 15.7. The first-order valence-electron chi connectivity index (χ1n) is 14.9. The predicted octanol–water partition coefficient (Wildman–Crippen LogP) is 7.34. The van der Waals surface area contributed by atoms with Crippen LogP contribution in [0.3, 0.4) is 0 Å². The number of fused-ring (bicyclic) bond motifs is 1. The van der Waals surface area contributed by atoms with E-state index in [0.717, 1.165) is 38.2 Å². The highest BCUT2D eigenvalue weighted by Crippen LogP contribution is 2.39. The summed E-state index contributed by atoms with van der Waals surface area (Å²) in [5.41, 5.74) is 0.302. The van der Waals surface area contributed by atoms with Gasteiger partial charge in [-0.1, -0.05) is 66.7 Å². The van der Waals surface area contributed by atoms with Crippen molar-refractivity contribution in [1.82, 2.24) is 14.0 Å². The lowest BCUT2D eigenvalue weighted by Gasteiger charge is -2.18. The van der Waals surface area contributed by atoms with Crippen molar-refractivity contribution >= 4 is 33.1 Å². The van der Waals surface area contributed by atoms with Crippen molar-refractivity contribution in [2.24, 2.45) is 0 Å². The second kappa shape index (κ2) is 13.6. The van der Waals surface area contributed by atoms with E-state index in [0.29, 0.717) is 22.5 Å². The molecular formula is C36H27F5N4O3S. The Morgan fingerprint density at radius 1 is 0.796 bits per heavy atom. The Bertz CT molecular complexity index is 2250. The van der Waals surface area contributed by atoms with Crippen LogP contribution in [0.5, 0.6) is 0 Å². The molecule has 0 atom stereocenters. The number of aromatic nitrogens is 2. The molecule has 0 saturated heterocycles. The Kier molecular flexibility index (Phi) is 9.30. The second-order valence-electron chi connectivity index (χ2n) is 11.3. The van der Waals surface area contributed by atoms with Crippen LogP contribution >= 0.6 is 11.3 Å². The summed E-state index contributed by atoms with van der Waals surface area (Å²) in [6.07, 6.45) is -5.08. The third kappa shape index (κ3) is 6.94. The maximum atomic E-state index is 15.0. The number of amides is 1. The van der Waals surface area contributed by atoms with Gasteiger partial charge in [0.1, 0.15) is 16.5 Å². The number of thiophene rings is 1. The summed E-state index contributed by atoms with van der Waals surface area (Å²) in [5, 5.41) is 1.96. The number of benzene rings is 4. The van der Waals surface area contributed by atoms with E-state index < -0.39 is 41.5 Å². The lowest BCUT2D eigenvalue weighted by molar-refractivity contribution is -0.167. The quantitative estimate of drug-likeness (QED) is 0.161. The number of anilines is 1. The molecule has 2 heterocycles. The van der Waals surface area contributed by atoms with E-state index in [1.807, 2.05) is 47.6 Å². The van der Waals surface area contributed by atoms with Gasteiger partial charge in [0.05, 0.1) is 17.6 Å². The van der Waals surface area contributed by atoms with E-state index >= 15 is 0 Å². The first-order chi connectivity index (χ1) is 23.4. The molecule has 13 heteroatoms. The monoisotopic (exact) mass is 690 g/mol. The van der Waals surface area contributed by atoms with Crippen LogP contribution in [0.2, 0.25) is 0 Å². The average molecular weight is 691 g/mol. The van der Waals surface area contributed by atoms with Crippen molar-refractivity contribution in [3.05, 3.63) is 152 Å². The number of carbonyl (C=O) groups excluding carboxylic acids is 1. The van der Waals surface area contributed by atoms with E-state index in [4.69, 9.17) is 0 Å². The van der Waals surface area contributed by atoms with Crippen LogP contribution < -0.4 is 16.6 Å². The molecule has 6 aromatic rings. The maximum absolute atomic E-state index is 15.0. The summed E-state index contributed by atoms with van der Waals surface area (Å²) in [5.74, 6) is -3.86. The van der Waals surface area contributed by atoms with E-state index in [2.05, 4.69) is 0 Å². The number of para-hydroxylation sites is 1. The second-order valence-corrected chi connectivity index (χ2v) is 12.3. The number of nitrogens with zero attached hydrogens (tertiary/aromatic N) is 3. The van der Waals surface area contributed by atoms with E-state index in [1.165, 1.54) is 30.3 Å². The van der Waals surface area contributed by atoms with Gasteiger partial charge in [0, 0.05) is 29.2 Å². The lowest BCUT2D eigenvalue weighted by atomic mass is 10.1. The average Bonchev–Trinajstić information content (AvgIpc) is 3.44. The third-order valence-corrected chi connectivity index (χ3v) is 9.15. The van der Waals surface area contributed by atoms with Gasteiger partial charge in [-0.3, -0.25) is 19.1 Å². The zero-order valence-corrected chi connectivity index (χ0v) is 26.6. The van der Waals surface area contributed by atoms with Crippen LogP contribution in [0, 0.1) is 11.6 Å². The van der Waals surface area contributed by atoms with Crippen LogP contribution in [0.4, 0.5) is 27.6 Å². The van der Waals surface area contributed by atoms with Crippen molar-refractivity contribution in [1.29, 1.82) is 0 Å². The van der Waals surface area contributed by atoms with Gasteiger partial charge >= 0.3 is 17.8 Å². The normalized spacial score (nSPS) is 11.7. The summed E-state index contributed by atoms with van der Waals surface area (Å²) < 4.78 is 70.7. The Labute approximate surface area is 280 Å². The predicted molar refractivity (Wildman–Crippen MR) is 179 cm³/mol. The molecule has 0 radical (unpaired) electrons. The standard InChI is InChI=1S/C36H27F5N4O3S/c1-43(19-22-9-4-2-5-10-22)20-27-30-32(46)45(25-11-6-3-7-12-25)35(48)44(21-26-28(37)13-8-14-29(26)38)33(30)49-31(27)23-15-17-24(18-16-23)42-34(47)36(39,40)41/h2-18H,19-21H2,1H3,(H,42,47). The van der Waals surface area contributed by atoms with Gasteiger partial charge in [0.2, 0.25) is 0 Å². The van der Waals surface area contributed by atoms with E-state index in [-0.39, 0.29) is 33.7 Å². The smallest absolute Gasteiger partial charge is 0.318 e. The highest BCUT2D eigenvalue weighted by molar-refractivity contribution is 7.22. The van der Waals surface area contributed by atoms with Crippen LogP contribution in [-0.2, 0) is 24.4 Å². The highest BCUT2D eigenvalue weighted by atomic mass is 32.1. The molecule has 0 saturated carbocycles. The Morgan fingerprint density at radius 2 is 1.41 bits per heavy atom. The molecule has 4 aromatic carbocycles. The molecule has 0 aliphatic rings. The summed E-state index contributed by atoms with van der Waals surface area (Å²) >= 11 is 1.05. The van der Waals surface area contributed by atoms with Gasteiger partial charge < -0.3 is 5.32 Å². The number of hydrogen-bond donors (Lipinski definition) is 1. The van der Waals surface area contributed by atoms with Crippen LogP contribution in [0.25, 0.3) is 26.3 Å². The number of rotatable bonds is 9. The molecule has 1 N–H and O–H groups in total. The van der Waals surface area contributed by atoms with Crippen molar-refractivity contribution in [2.75, 3.05) is 12.4 Å². The minimum Gasteiger partial charge on any atom is -0.318 e. The molecule has 0 aliphatic carbocycles. The zero-order chi connectivity index (χ0) is 34.9. The summed E-state index contributed by atoms with van der Waals surface area (Å²) in [6.45, 7) is 0.142. The maximum Gasteiger partial charge on any atom is 0.471 e. The first kappa shape index (κ1) is 33.5. The highest BCUT2D eigenvalue weighted by Gasteiger charge is 2.38. The number of nitrogens with one attached hydrogen (secondary N) is 1. The molecule has 7 nitrogen and oxygen atoms in total. The van der Waals surface area contributed by atoms with Crippen LogP contribution in [0.1, 0.15) is 16.7 Å². The molecule has 0 unspecified atom stereocenters. The third-order valence-electron chi connectivity index (χ3n) is 7.85. The van der Waals surface area contributed by atoms with Gasteiger partial charge in [-0.15, -0.1) is 11.3 Å². The fourth-order valence-electron chi connectivity index (χ4n) is 5.57. The Morgan fingerprint density at radius 3 is 2.02 bits per heavy atom. The molecule has 0 spiro atoms. The van der Waals surface area contributed by atoms with Crippen molar-refractivity contribution in [3.8, 4) is 16.1 Å². The van der Waals surface area contributed by atoms with Gasteiger partial charge in [0.15, 0.2) is 0 Å². The number of hydrogen-bond acceptors (Lipinski definition) is 5. The van der Waals surface area contributed by atoms with E-state index in [1.54, 1.807) is 30.3 Å². The van der Waals surface area contributed by atoms with Crippen molar-refractivity contribution in [2.45, 2.75) is 25.8 Å². The number of alkyl halides is 3. The van der Waals surface area contributed by atoms with Crippen molar-refractivity contribution in [3.63, 3.8) is 0 Å². The SMILES string of the molecule is CN(Cc1ccccc1)Cc1c(-c2ccc(NC(=O)C(F)(F)F)cc2)sc2c1c(=O)n(-c1ccccc1)c(=O)n2Cc1c(F)cccc1F. The molecule has 0 fully saturated rings. The van der Waals surface area contributed by atoms with Crippen LogP contribution in [-0.4, -0.2) is 33.2 Å². The van der Waals surface area contributed by atoms with Gasteiger partial charge in [-0.05, 0) is 60.1 Å². The number of carbonyl (C=O) groups is 1. The molecule has 6 rings (SSSR count). The molecule has 2 aromatic heterocycles. The van der Waals surface area contributed by atoms with E-state index in [9.17, 15) is 36.3 Å². The molecular weight excluding hydrogens is 663 g/mol. The topological polar surface area (TPSA) is 76.3 Å². The largest absolute Gasteiger partial charge is 0.471 e. The van der Waals surface area contributed by atoms with Gasteiger partial charge in [-0.2, -0.15) is 13.2 Å². The fourth-order valence-corrected chi connectivity index (χ4v) is 6.87. The minimum atomic E-state index is -5.08. The minimum absolute atomic E-state index is 0.103. The summed E-state index contributed by atoms with van der Waals surface area (Å²) in [6, 6.07) is 26.7. The van der Waals surface area contributed by atoms with Gasteiger partial charge in [-0.25, -0.2) is 18.1 Å². The lowest BCUT2D eigenvalue weighted by Crippen LogP contribution is -2.39. The van der Waals surface area contributed by atoms with Gasteiger partial charge in [0.25, 0.3) is 5.56 Å². The van der Waals surface area contributed by atoms with Crippen LogP contribution in [0.15, 0.2) is 113 Å². The molecule has 0 bridgehead atoms. The molecule has 49 heavy (non-hydrogen) atoms. The summed E-state index contributed by atoms with van der Waals surface area (Å²) in [4.78, 5) is 42.7. The zero-order valence-electron chi connectivity index (χ0n) is 25.8. The summed E-state index contributed by atoms with van der Waals surface area (Å²) in [7, 11) is 1.84. The molecule has 250 valence electrons. The fraction of sp³-hybridized carbons (Fsp3) is 0.139.